The Morgan fingerprint density at radius 3 is 2.55 bits per heavy atom. The van der Waals surface area contributed by atoms with Gasteiger partial charge < -0.3 is 5.32 Å². The first-order valence-electron chi connectivity index (χ1n) is 7.74. The van der Waals surface area contributed by atoms with E-state index < -0.39 is 0 Å². The zero-order valence-corrected chi connectivity index (χ0v) is 14.4. The van der Waals surface area contributed by atoms with Crippen LogP contribution < -0.4 is 5.32 Å². The molecule has 1 atom stereocenters. The number of rotatable bonds is 5. The maximum Gasteiger partial charge on any atom is 0.0107 e. The zero-order valence-electron chi connectivity index (χ0n) is 13.6. The molecule has 1 unspecified atom stereocenters. The maximum atomic E-state index is 3.62. The molecule has 0 saturated carbocycles. The van der Waals surface area contributed by atoms with Crippen molar-refractivity contribution in [2.24, 2.45) is 5.41 Å². The molecule has 0 fully saturated rings. The fourth-order valence-electron chi connectivity index (χ4n) is 2.94. The van der Waals surface area contributed by atoms with Gasteiger partial charge in [-0.25, -0.2) is 0 Å². The summed E-state index contributed by atoms with van der Waals surface area (Å²) >= 11 is 2.03. The van der Waals surface area contributed by atoms with E-state index in [0.717, 1.165) is 12.5 Å². The van der Waals surface area contributed by atoms with Crippen molar-refractivity contribution in [2.75, 3.05) is 12.3 Å². The lowest BCUT2D eigenvalue weighted by Crippen LogP contribution is -2.38. The predicted molar refractivity (Wildman–Crippen MR) is 90.7 cm³/mol. The minimum atomic E-state index is 0.228. The summed E-state index contributed by atoms with van der Waals surface area (Å²) in [5.74, 6) is 2.00. The number of benzene rings is 1. The van der Waals surface area contributed by atoms with Gasteiger partial charge in [-0.05, 0) is 63.1 Å². The normalized spacial score (nSPS) is 19.1. The average Bonchev–Trinajstić information content (AvgIpc) is 2.70. The smallest absolute Gasteiger partial charge is 0.0107 e. The molecule has 1 N–H and O–H groups in total. The molecule has 0 amide bonds. The first-order valence-corrected chi connectivity index (χ1v) is 8.72. The first-order chi connectivity index (χ1) is 9.27. The standard InChI is InChI=1S/C18H29NS/c1-17(2,3)19-11-10-18(4,5)12-14-13-20-16-9-7-6-8-15(14)16/h6-9,14,19H,10-13H2,1-5H3. The topological polar surface area (TPSA) is 12.0 Å². The van der Waals surface area contributed by atoms with E-state index in [9.17, 15) is 0 Å². The van der Waals surface area contributed by atoms with E-state index in [0.29, 0.717) is 5.41 Å². The van der Waals surface area contributed by atoms with Crippen molar-refractivity contribution in [3.63, 3.8) is 0 Å². The predicted octanol–water partition coefficient (Wildman–Crippen LogP) is 5.07. The molecule has 1 aliphatic heterocycles. The van der Waals surface area contributed by atoms with Gasteiger partial charge in [0.2, 0.25) is 0 Å². The van der Waals surface area contributed by atoms with Crippen molar-refractivity contribution in [3.8, 4) is 0 Å². The van der Waals surface area contributed by atoms with Crippen molar-refractivity contribution in [1.29, 1.82) is 0 Å². The lowest BCUT2D eigenvalue weighted by atomic mass is 9.78. The summed E-state index contributed by atoms with van der Waals surface area (Å²) in [6, 6.07) is 8.94. The summed E-state index contributed by atoms with van der Waals surface area (Å²) in [6.45, 7) is 12.7. The average molecular weight is 292 g/mol. The summed E-state index contributed by atoms with van der Waals surface area (Å²) in [6.07, 6.45) is 2.54. The number of hydrogen-bond acceptors (Lipinski definition) is 2. The highest BCUT2D eigenvalue weighted by Gasteiger charge is 2.29. The van der Waals surface area contributed by atoms with Crippen molar-refractivity contribution < 1.29 is 0 Å². The van der Waals surface area contributed by atoms with Gasteiger partial charge in [-0.15, -0.1) is 11.8 Å². The summed E-state index contributed by atoms with van der Waals surface area (Å²) in [4.78, 5) is 1.50. The van der Waals surface area contributed by atoms with Crippen molar-refractivity contribution in [1.82, 2.24) is 5.32 Å². The van der Waals surface area contributed by atoms with Crippen molar-refractivity contribution in [2.45, 2.75) is 63.8 Å². The highest BCUT2D eigenvalue weighted by atomic mass is 32.2. The molecule has 0 spiro atoms. The summed E-state index contributed by atoms with van der Waals surface area (Å²) in [7, 11) is 0. The summed E-state index contributed by atoms with van der Waals surface area (Å²) in [5.41, 5.74) is 2.21. The van der Waals surface area contributed by atoms with Crippen LogP contribution in [-0.2, 0) is 0 Å². The Morgan fingerprint density at radius 1 is 1.15 bits per heavy atom. The molecule has 0 saturated heterocycles. The molecule has 1 aliphatic rings. The number of thioether (sulfide) groups is 1. The van der Waals surface area contributed by atoms with Gasteiger partial charge in [-0.1, -0.05) is 32.0 Å². The molecule has 1 aromatic carbocycles. The van der Waals surface area contributed by atoms with E-state index in [2.05, 4.69) is 64.2 Å². The Kier molecular flexibility index (Phi) is 4.86. The number of nitrogens with one attached hydrogen (secondary N) is 1. The Hall–Kier alpha value is -0.470. The van der Waals surface area contributed by atoms with Crippen LogP contribution in [0.5, 0.6) is 0 Å². The van der Waals surface area contributed by atoms with Crippen LogP contribution in [0, 0.1) is 5.41 Å². The fourth-order valence-corrected chi connectivity index (χ4v) is 4.20. The molecule has 0 aliphatic carbocycles. The lowest BCUT2D eigenvalue weighted by molar-refractivity contribution is 0.270. The van der Waals surface area contributed by atoms with Crippen LogP contribution in [-0.4, -0.2) is 17.8 Å². The second kappa shape index (κ2) is 6.11. The monoisotopic (exact) mass is 291 g/mol. The third-order valence-electron chi connectivity index (χ3n) is 4.05. The number of hydrogen-bond donors (Lipinski definition) is 1. The van der Waals surface area contributed by atoms with Crippen LogP contribution in [0.15, 0.2) is 29.2 Å². The molecule has 1 heterocycles. The van der Waals surface area contributed by atoms with Crippen LogP contribution in [0.2, 0.25) is 0 Å². The first kappa shape index (κ1) is 15.9. The van der Waals surface area contributed by atoms with Crippen molar-refractivity contribution in [3.05, 3.63) is 29.8 Å². The molecule has 2 rings (SSSR count). The van der Waals surface area contributed by atoms with Crippen LogP contribution in [0.3, 0.4) is 0 Å². The van der Waals surface area contributed by atoms with Gasteiger partial charge in [0, 0.05) is 16.2 Å². The van der Waals surface area contributed by atoms with Gasteiger partial charge in [0.25, 0.3) is 0 Å². The molecule has 0 aromatic heterocycles. The van der Waals surface area contributed by atoms with E-state index in [4.69, 9.17) is 0 Å². The van der Waals surface area contributed by atoms with Crippen LogP contribution in [0.25, 0.3) is 0 Å². The molecular formula is C18H29NS. The van der Waals surface area contributed by atoms with Crippen LogP contribution in [0.4, 0.5) is 0 Å². The largest absolute Gasteiger partial charge is 0.312 e. The second-order valence-corrected chi connectivity index (χ2v) is 8.90. The Morgan fingerprint density at radius 2 is 1.85 bits per heavy atom. The van der Waals surface area contributed by atoms with Gasteiger partial charge in [-0.2, -0.15) is 0 Å². The van der Waals surface area contributed by atoms with Gasteiger partial charge in [0.1, 0.15) is 0 Å². The molecule has 2 heteroatoms. The van der Waals surface area contributed by atoms with E-state index in [1.165, 1.54) is 23.5 Å². The van der Waals surface area contributed by atoms with Gasteiger partial charge in [0.05, 0.1) is 0 Å². The van der Waals surface area contributed by atoms with E-state index >= 15 is 0 Å². The third kappa shape index (κ3) is 4.53. The van der Waals surface area contributed by atoms with E-state index in [-0.39, 0.29) is 5.54 Å². The Bertz CT molecular complexity index is 445. The second-order valence-electron chi connectivity index (χ2n) is 7.84. The molecule has 1 aromatic rings. The minimum absolute atomic E-state index is 0.228. The minimum Gasteiger partial charge on any atom is -0.312 e. The molecule has 112 valence electrons. The van der Waals surface area contributed by atoms with Crippen LogP contribution >= 0.6 is 11.8 Å². The third-order valence-corrected chi connectivity index (χ3v) is 5.31. The summed E-state index contributed by atoms with van der Waals surface area (Å²) < 4.78 is 0. The summed E-state index contributed by atoms with van der Waals surface area (Å²) in [5, 5.41) is 3.62. The molecule has 0 radical (unpaired) electrons. The molecule has 0 bridgehead atoms. The van der Waals surface area contributed by atoms with E-state index in [1.54, 1.807) is 5.56 Å². The lowest BCUT2D eigenvalue weighted by Gasteiger charge is -2.30. The van der Waals surface area contributed by atoms with Gasteiger partial charge >= 0.3 is 0 Å². The highest BCUT2D eigenvalue weighted by molar-refractivity contribution is 7.99. The van der Waals surface area contributed by atoms with Gasteiger partial charge in [0.15, 0.2) is 0 Å². The Labute approximate surface area is 128 Å². The quantitative estimate of drug-likeness (QED) is 0.813. The van der Waals surface area contributed by atoms with Gasteiger partial charge in [-0.3, -0.25) is 0 Å². The molecule has 1 nitrogen and oxygen atoms in total. The molecular weight excluding hydrogens is 262 g/mol. The maximum absolute atomic E-state index is 3.62. The van der Waals surface area contributed by atoms with Crippen molar-refractivity contribution >= 4 is 11.8 Å². The Balaban J connectivity index is 1.89. The van der Waals surface area contributed by atoms with E-state index in [1.807, 2.05) is 11.8 Å². The molecule has 20 heavy (non-hydrogen) atoms. The SMILES string of the molecule is CC(C)(CCNC(C)(C)C)CC1CSc2ccccc21. The number of fused-ring (bicyclic) bond motifs is 1. The van der Waals surface area contributed by atoms with Crippen LogP contribution in [0.1, 0.15) is 58.9 Å². The highest BCUT2D eigenvalue weighted by Crippen LogP contribution is 2.45. The zero-order chi connectivity index (χ0) is 14.8. The fraction of sp³-hybridized carbons (Fsp3) is 0.667.